The summed E-state index contributed by atoms with van der Waals surface area (Å²) >= 11 is 25.5. The van der Waals surface area contributed by atoms with Crippen LogP contribution >= 0.6 is 46.4 Å². The molecule has 1 saturated carbocycles. The van der Waals surface area contributed by atoms with Crippen LogP contribution in [-0.4, -0.2) is 43.8 Å². The molecule has 0 aliphatic heterocycles. The molecule has 4 aromatic rings. The number of hydrogen-bond donors (Lipinski definition) is 1. The first-order valence-corrected chi connectivity index (χ1v) is 18.5. The molecule has 1 fully saturated rings. The fourth-order valence-corrected chi connectivity index (χ4v) is 8.19. The largest absolute Gasteiger partial charge is 0.352 e. The minimum Gasteiger partial charge on any atom is -0.352 e. The van der Waals surface area contributed by atoms with E-state index >= 15 is 0 Å². The minimum atomic E-state index is -4.32. The Morgan fingerprint density at radius 1 is 0.833 bits per heavy atom. The molecule has 5 rings (SSSR count). The van der Waals surface area contributed by atoms with Crippen LogP contribution in [-0.2, 0) is 32.6 Å². The molecule has 0 bridgehead atoms. The number of halogens is 4. The van der Waals surface area contributed by atoms with Crippen LogP contribution in [0.3, 0.4) is 0 Å². The lowest BCUT2D eigenvalue weighted by Gasteiger charge is -2.34. The van der Waals surface area contributed by atoms with Crippen LogP contribution in [0.5, 0.6) is 0 Å². The molecule has 48 heavy (non-hydrogen) atoms. The molecule has 7 nitrogen and oxygen atoms in total. The van der Waals surface area contributed by atoms with Crippen molar-refractivity contribution in [1.29, 1.82) is 0 Å². The predicted molar refractivity (Wildman–Crippen MR) is 194 cm³/mol. The fraction of sp³-hybridized carbons (Fsp3) is 0.278. The predicted octanol–water partition coefficient (Wildman–Crippen LogP) is 8.50. The zero-order valence-electron chi connectivity index (χ0n) is 26.2. The summed E-state index contributed by atoms with van der Waals surface area (Å²) in [6.45, 7) is 1.11. The second kappa shape index (κ2) is 16.0. The summed E-state index contributed by atoms with van der Waals surface area (Å²) in [7, 11) is -4.32. The minimum absolute atomic E-state index is 0.0149. The van der Waals surface area contributed by atoms with Crippen LogP contribution in [0.15, 0.2) is 95.9 Å². The first kappa shape index (κ1) is 36.0. The lowest BCUT2D eigenvalue weighted by molar-refractivity contribution is -0.140. The molecule has 0 heterocycles. The molecule has 0 saturated heterocycles. The highest BCUT2D eigenvalue weighted by Gasteiger charge is 2.36. The summed E-state index contributed by atoms with van der Waals surface area (Å²) in [4.78, 5) is 30.2. The van der Waals surface area contributed by atoms with Gasteiger partial charge in [0, 0.05) is 39.1 Å². The Balaban J connectivity index is 1.60. The zero-order valence-corrected chi connectivity index (χ0v) is 30.1. The van der Waals surface area contributed by atoms with Crippen molar-refractivity contribution in [2.75, 3.05) is 10.8 Å². The second-order valence-corrected chi connectivity index (χ2v) is 15.5. The Kier molecular flexibility index (Phi) is 12.0. The van der Waals surface area contributed by atoms with E-state index in [0.717, 1.165) is 41.1 Å². The van der Waals surface area contributed by atoms with Crippen molar-refractivity contribution in [2.24, 2.45) is 0 Å². The maximum absolute atomic E-state index is 14.7. The molecule has 2 amide bonds. The first-order valence-electron chi connectivity index (χ1n) is 15.5. The van der Waals surface area contributed by atoms with E-state index in [2.05, 4.69) is 5.32 Å². The molecular weight excluding hydrogens is 712 g/mol. The van der Waals surface area contributed by atoms with Crippen LogP contribution in [0.2, 0.25) is 20.1 Å². The number of rotatable bonds is 12. The Hall–Kier alpha value is -3.27. The molecule has 1 aliphatic rings. The average molecular weight is 748 g/mol. The van der Waals surface area contributed by atoms with Crippen LogP contribution in [0.25, 0.3) is 0 Å². The normalized spacial score (nSPS) is 14.0. The van der Waals surface area contributed by atoms with Crippen molar-refractivity contribution in [1.82, 2.24) is 10.2 Å². The van der Waals surface area contributed by atoms with Crippen molar-refractivity contribution >= 4 is 73.9 Å². The molecule has 0 unspecified atom stereocenters. The first-order chi connectivity index (χ1) is 22.9. The number of aryl methyl sites for hydroxylation is 1. The Morgan fingerprint density at radius 3 is 2.10 bits per heavy atom. The van der Waals surface area contributed by atoms with Gasteiger partial charge in [-0.25, -0.2) is 8.42 Å². The highest BCUT2D eigenvalue weighted by Crippen LogP contribution is 2.31. The van der Waals surface area contributed by atoms with Gasteiger partial charge in [-0.15, -0.1) is 0 Å². The van der Waals surface area contributed by atoms with Gasteiger partial charge in [-0.2, -0.15) is 0 Å². The molecule has 1 atom stereocenters. The number of hydrogen-bond acceptors (Lipinski definition) is 4. The molecule has 1 aliphatic carbocycles. The van der Waals surface area contributed by atoms with E-state index in [1.165, 1.54) is 35.2 Å². The van der Waals surface area contributed by atoms with Gasteiger partial charge >= 0.3 is 0 Å². The van der Waals surface area contributed by atoms with E-state index in [-0.39, 0.29) is 45.5 Å². The molecule has 0 aromatic heterocycles. The molecule has 12 heteroatoms. The summed E-state index contributed by atoms with van der Waals surface area (Å²) < 4.78 is 29.5. The van der Waals surface area contributed by atoms with Gasteiger partial charge in [-0.05, 0) is 73.4 Å². The fourth-order valence-electron chi connectivity index (χ4n) is 5.80. The SMILES string of the molecule is Cc1ccc(S(=O)(=O)N(CC(=O)N(Cc2ccc(Cl)cc2Cl)[C@@H](Cc2ccccc2)C(=O)NC2CCCC2)c2cc(Cl)cc(Cl)c2)cc1. The lowest BCUT2D eigenvalue weighted by atomic mass is 10.0. The van der Waals surface area contributed by atoms with E-state index in [1.54, 1.807) is 30.3 Å². The van der Waals surface area contributed by atoms with E-state index in [0.29, 0.717) is 15.6 Å². The smallest absolute Gasteiger partial charge is 0.264 e. The maximum atomic E-state index is 14.7. The van der Waals surface area contributed by atoms with Gasteiger partial charge in [0.15, 0.2) is 0 Å². The topological polar surface area (TPSA) is 86.8 Å². The third-order valence-corrected chi connectivity index (χ3v) is 11.2. The summed E-state index contributed by atoms with van der Waals surface area (Å²) in [5.41, 5.74) is 2.33. The second-order valence-electron chi connectivity index (χ2n) is 11.9. The summed E-state index contributed by atoms with van der Waals surface area (Å²) in [5.74, 6) is -0.960. The summed E-state index contributed by atoms with van der Waals surface area (Å²) in [6, 6.07) is 23.9. The molecule has 252 valence electrons. The van der Waals surface area contributed by atoms with Gasteiger partial charge in [-0.1, -0.05) is 113 Å². The third kappa shape index (κ3) is 9.04. The zero-order chi connectivity index (χ0) is 34.4. The standard InChI is InChI=1S/C36H35Cl4N3O4S/c1-24-11-15-32(16-12-24)48(46,47)43(31-19-28(38)18-29(39)20-31)23-35(44)42(22-26-13-14-27(37)21-33(26)40)34(17-25-7-3-2-4-8-25)36(45)41-30-9-5-6-10-30/h2-4,7-8,11-16,18-21,30,34H,5-6,9-10,17,22-23H2,1H3,(H,41,45)/t34-/m0/s1. The van der Waals surface area contributed by atoms with Crippen molar-refractivity contribution in [3.63, 3.8) is 0 Å². The number of nitrogens with zero attached hydrogens (tertiary/aromatic N) is 2. The van der Waals surface area contributed by atoms with Crippen LogP contribution in [0.4, 0.5) is 5.69 Å². The molecule has 0 spiro atoms. The number of carbonyl (C=O) groups is 2. The maximum Gasteiger partial charge on any atom is 0.264 e. The Morgan fingerprint density at radius 2 is 1.48 bits per heavy atom. The summed E-state index contributed by atoms with van der Waals surface area (Å²) in [5, 5.41) is 4.25. The number of benzene rings is 4. The highest BCUT2D eigenvalue weighted by molar-refractivity contribution is 7.92. The van der Waals surface area contributed by atoms with Gasteiger partial charge in [0.25, 0.3) is 10.0 Å². The lowest BCUT2D eigenvalue weighted by Crippen LogP contribution is -2.54. The van der Waals surface area contributed by atoms with Crippen molar-refractivity contribution in [3.05, 3.63) is 128 Å². The number of carbonyl (C=O) groups excluding carboxylic acids is 2. The third-order valence-electron chi connectivity index (χ3n) is 8.35. The Bertz CT molecular complexity index is 1850. The van der Waals surface area contributed by atoms with Crippen molar-refractivity contribution in [3.8, 4) is 0 Å². The van der Waals surface area contributed by atoms with Crippen LogP contribution < -0.4 is 9.62 Å². The van der Waals surface area contributed by atoms with Crippen LogP contribution in [0, 0.1) is 6.92 Å². The molecule has 1 N–H and O–H groups in total. The van der Waals surface area contributed by atoms with E-state index in [9.17, 15) is 18.0 Å². The van der Waals surface area contributed by atoms with Gasteiger partial charge < -0.3 is 10.2 Å². The average Bonchev–Trinajstić information content (AvgIpc) is 3.55. The van der Waals surface area contributed by atoms with Gasteiger partial charge in [0.2, 0.25) is 11.8 Å². The van der Waals surface area contributed by atoms with Gasteiger partial charge in [-0.3, -0.25) is 13.9 Å². The van der Waals surface area contributed by atoms with Crippen molar-refractivity contribution < 1.29 is 18.0 Å². The number of sulfonamides is 1. The number of anilines is 1. The number of amides is 2. The highest BCUT2D eigenvalue weighted by atomic mass is 35.5. The van der Waals surface area contributed by atoms with Gasteiger partial charge in [0.1, 0.15) is 12.6 Å². The number of nitrogens with one attached hydrogen (secondary N) is 1. The van der Waals surface area contributed by atoms with E-state index in [4.69, 9.17) is 46.4 Å². The quantitative estimate of drug-likeness (QED) is 0.158. The Labute approximate surface area is 301 Å². The van der Waals surface area contributed by atoms with Gasteiger partial charge in [0.05, 0.1) is 10.6 Å². The molecule has 0 radical (unpaired) electrons. The summed E-state index contributed by atoms with van der Waals surface area (Å²) in [6.07, 6.45) is 3.89. The van der Waals surface area contributed by atoms with E-state index in [1.807, 2.05) is 37.3 Å². The molecular formula is C36H35Cl4N3O4S. The van der Waals surface area contributed by atoms with Crippen molar-refractivity contribution in [2.45, 2.75) is 62.6 Å². The molecule has 4 aromatic carbocycles. The van der Waals surface area contributed by atoms with Crippen LogP contribution in [0.1, 0.15) is 42.4 Å². The monoisotopic (exact) mass is 745 g/mol. The van der Waals surface area contributed by atoms with E-state index < -0.39 is 28.5 Å².